The first kappa shape index (κ1) is 14.5. The molecule has 2 nitrogen and oxygen atoms in total. The highest BCUT2D eigenvalue weighted by atomic mass is 16.3. The summed E-state index contributed by atoms with van der Waals surface area (Å²) in [6, 6.07) is 2.24. The zero-order chi connectivity index (χ0) is 12.3. The maximum atomic E-state index is 10.7. The van der Waals surface area contributed by atoms with Crippen molar-refractivity contribution in [1.29, 1.82) is 5.26 Å². The summed E-state index contributed by atoms with van der Waals surface area (Å²) in [5.41, 5.74) is -1.55. The van der Waals surface area contributed by atoms with Crippen LogP contribution in [0.3, 0.4) is 0 Å². The van der Waals surface area contributed by atoms with Crippen molar-refractivity contribution in [1.82, 2.24) is 0 Å². The van der Waals surface area contributed by atoms with Gasteiger partial charge >= 0.3 is 0 Å². The Balaban J connectivity index is 4.95. The van der Waals surface area contributed by atoms with Crippen molar-refractivity contribution in [3.8, 4) is 6.07 Å². The van der Waals surface area contributed by atoms with Gasteiger partial charge in [0.2, 0.25) is 0 Å². The normalized spacial score (nSPS) is 13.3. The molecule has 0 atom stereocenters. The molecule has 0 aliphatic heterocycles. The molecule has 0 aromatic carbocycles. The van der Waals surface area contributed by atoms with Crippen LogP contribution >= 0.6 is 0 Å². The quantitative estimate of drug-likeness (QED) is 0.757. The van der Waals surface area contributed by atoms with E-state index in [-0.39, 0.29) is 0 Å². The van der Waals surface area contributed by atoms with Crippen LogP contribution in [0.15, 0.2) is 0 Å². The summed E-state index contributed by atoms with van der Waals surface area (Å²) < 4.78 is 0. The predicted octanol–water partition coefficient (Wildman–Crippen LogP) is 3.36. The fourth-order valence-corrected chi connectivity index (χ4v) is 2.05. The second kappa shape index (κ2) is 4.99. The molecule has 0 saturated heterocycles. The standard InChI is InChI=1S/C13H25NO/c1-10(2)7-13(15,8-11(3)4)12(5,6)9-14/h10-11,15H,7-8H2,1-6H3. The lowest BCUT2D eigenvalue weighted by molar-refractivity contribution is -0.0702. The Hall–Kier alpha value is -0.550. The number of rotatable bonds is 5. The molecule has 0 heterocycles. The summed E-state index contributed by atoms with van der Waals surface area (Å²) in [6.07, 6.45) is 1.37. The maximum absolute atomic E-state index is 10.7. The van der Waals surface area contributed by atoms with E-state index in [1.165, 1.54) is 0 Å². The van der Waals surface area contributed by atoms with Crippen LogP contribution < -0.4 is 0 Å². The molecular formula is C13H25NO. The molecule has 0 spiro atoms. The van der Waals surface area contributed by atoms with Crippen LogP contribution in [0.5, 0.6) is 0 Å². The number of nitriles is 1. The van der Waals surface area contributed by atoms with Gasteiger partial charge in [0.1, 0.15) is 0 Å². The first-order valence-electron chi connectivity index (χ1n) is 5.78. The third kappa shape index (κ3) is 3.83. The highest BCUT2D eigenvalue weighted by Crippen LogP contribution is 2.40. The lowest BCUT2D eigenvalue weighted by atomic mass is 9.68. The van der Waals surface area contributed by atoms with Gasteiger partial charge in [0.05, 0.1) is 17.1 Å². The van der Waals surface area contributed by atoms with Crippen LogP contribution in [0, 0.1) is 28.6 Å². The van der Waals surface area contributed by atoms with Gasteiger partial charge in [0.15, 0.2) is 0 Å². The molecule has 0 aliphatic rings. The Bertz CT molecular complexity index is 225. The summed E-state index contributed by atoms with van der Waals surface area (Å²) in [5, 5.41) is 19.8. The molecule has 0 rings (SSSR count). The van der Waals surface area contributed by atoms with E-state index >= 15 is 0 Å². The number of nitrogens with zero attached hydrogens (tertiary/aromatic N) is 1. The molecule has 0 saturated carbocycles. The Kier molecular flexibility index (Phi) is 4.80. The van der Waals surface area contributed by atoms with E-state index in [2.05, 4.69) is 33.8 Å². The lowest BCUT2D eigenvalue weighted by Gasteiger charge is -2.40. The van der Waals surface area contributed by atoms with Crippen molar-refractivity contribution >= 4 is 0 Å². The van der Waals surface area contributed by atoms with E-state index in [0.717, 1.165) is 0 Å². The van der Waals surface area contributed by atoms with Crippen LogP contribution in [0.4, 0.5) is 0 Å². The zero-order valence-corrected chi connectivity index (χ0v) is 11.0. The summed E-state index contributed by atoms with van der Waals surface area (Å²) in [6.45, 7) is 12.0. The van der Waals surface area contributed by atoms with E-state index in [4.69, 9.17) is 5.26 Å². The number of aliphatic hydroxyl groups is 1. The second-order valence-electron chi connectivity index (χ2n) is 5.96. The van der Waals surface area contributed by atoms with Crippen molar-refractivity contribution in [2.45, 2.75) is 60.0 Å². The molecule has 0 amide bonds. The van der Waals surface area contributed by atoms with Crippen LogP contribution in [0.25, 0.3) is 0 Å². The highest BCUT2D eigenvalue weighted by Gasteiger charge is 2.44. The fourth-order valence-electron chi connectivity index (χ4n) is 2.05. The van der Waals surface area contributed by atoms with Crippen LogP contribution in [-0.4, -0.2) is 10.7 Å². The molecule has 1 N–H and O–H groups in total. The SMILES string of the molecule is CC(C)CC(O)(CC(C)C)C(C)(C)C#N. The third-order valence-electron chi connectivity index (χ3n) is 2.93. The predicted molar refractivity (Wildman–Crippen MR) is 63.3 cm³/mol. The monoisotopic (exact) mass is 211 g/mol. The van der Waals surface area contributed by atoms with E-state index < -0.39 is 11.0 Å². The Labute approximate surface area is 94.3 Å². The molecule has 2 heteroatoms. The summed E-state index contributed by atoms with van der Waals surface area (Å²) in [5.74, 6) is 0.808. The van der Waals surface area contributed by atoms with Crippen LogP contribution in [-0.2, 0) is 0 Å². The van der Waals surface area contributed by atoms with Crippen molar-refractivity contribution in [2.75, 3.05) is 0 Å². The van der Waals surface area contributed by atoms with Gasteiger partial charge < -0.3 is 5.11 Å². The van der Waals surface area contributed by atoms with E-state index in [9.17, 15) is 5.11 Å². The minimum Gasteiger partial charge on any atom is -0.388 e. The Morgan fingerprint density at radius 1 is 1.07 bits per heavy atom. The van der Waals surface area contributed by atoms with Gasteiger partial charge in [-0.05, 0) is 38.5 Å². The van der Waals surface area contributed by atoms with Crippen molar-refractivity contribution in [3.05, 3.63) is 0 Å². The highest BCUT2D eigenvalue weighted by molar-refractivity contribution is 5.07. The number of hydrogen-bond acceptors (Lipinski definition) is 2. The van der Waals surface area contributed by atoms with E-state index in [1.807, 2.05) is 13.8 Å². The van der Waals surface area contributed by atoms with Crippen molar-refractivity contribution in [2.24, 2.45) is 17.3 Å². The van der Waals surface area contributed by atoms with Crippen LogP contribution in [0.1, 0.15) is 54.4 Å². The summed E-state index contributed by atoms with van der Waals surface area (Å²) in [7, 11) is 0. The molecule has 0 aliphatic carbocycles. The van der Waals surface area contributed by atoms with Gasteiger partial charge in [-0.25, -0.2) is 0 Å². The average molecular weight is 211 g/mol. The minimum atomic E-state index is -0.871. The molecule has 88 valence electrons. The lowest BCUT2D eigenvalue weighted by Crippen LogP contribution is -2.46. The van der Waals surface area contributed by atoms with E-state index in [0.29, 0.717) is 24.7 Å². The van der Waals surface area contributed by atoms with Gasteiger partial charge in [-0.1, -0.05) is 27.7 Å². The van der Waals surface area contributed by atoms with Gasteiger partial charge in [0.25, 0.3) is 0 Å². The van der Waals surface area contributed by atoms with Crippen molar-refractivity contribution < 1.29 is 5.11 Å². The topological polar surface area (TPSA) is 44.0 Å². The largest absolute Gasteiger partial charge is 0.388 e. The minimum absolute atomic E-state index is 0.404. The Morgan fingerprint density at radius 2 is 1.40 bits per heavy atom. The average Bonchev–Trinajstić information content (AvgIpc) is 2.00. The van der Waals surface area contributed by atoms with Gasteiger partial charge in [0, 0.05) is 0 Å². The summed E-state index contributed by atoms with van der Waals surface area (Å²) >= 11 is 0. The molecule has 0 aromatic heterocycles. The van der Waals surface area contributed by atoms with Crippen molar-refractivity contribution in [3.63, 3.8) is 0 Å². The smallest absolute Gasteiger partial charge is 0.0832 e. The molecule has 15 heavy (non-hydrogen) atoms. The molecule has 0 aromatic rings. The molecular weight excluding hydrogens is 186 g/mol. The van der Waals surface area contributed by atoms with Gasteiger partial charge in [-0.15, -0.1) is 0 Å². The first-order chi connectivity index (χ1) is 6.64. The molecule has 0 unspecified atom stereocenters. The molecule has 0 fully saturated rings. The van der Waals surface area contributed by atoms with Crippen LogP contribution in [0.2, 0.25) is 0 Å². The fraction of sp³-hybridized carbons (Fsp3) is 0.923. The second-order valence-corrected chi connectivity index (χ2v) is 5.96. The summed E-state index contributed by atoms with van der Waals surface area (Å²) in [4.78, 5) is 0. The maximum Gasteiger partial charge on any atom is 0.0832 e. The van der Waals surface area contributed by atoms with E-state index in [1.54, 1.807) is 0 Å². The molecule has 0 bridgehead atoms. The van der Waals surface area contributed by atoms with Gasteiger partial charge in [-0.3, -0.25) is 0 Å². The van der Waals surface area contributed by atoms with Gasteiger partial charge in [-0.2, -0.15) is 5.26 Å². The Morgan fingerprint density at radius 3 is 1.60 bits per heavy atom. The molecule has 0 radical (unpaired) electrons. The zero-order valence-electron chi connectivity index (χ0n) is 11.0. The first-order valence-corrected chi connectivity index (χ1v) is 5.78. The number of hydrogen-bond donors (Lipinski definition) is 1. The third-order valence-corrected chi connectivity index (χ3v) is 2.93.